The highest BCUT2D eigenvalue weighted by molar-refractivity contribution is 5.95. The predicted molar refractivity (Wildman–Crippen MR) is 118 cm³/mol. The molecule has 2 aromatic carbocycles. The zero-order valence-electron chi connectivity index (χ0n) is 17.3. The average Bonchev–Trinajstić information content (AvgIpc) is 2.81. The number of aromatic nitrogens is 1. The van der Waals surface area contributed by atoms with Crippen LogP contribution in [0.3, 0.4) is 0 Å². The number of benzene rings is 2. The fraction of sp³-hybridized carbons (Fsp3) is 0.280. The lowest BCUT2D eigenvalue weighted by Gasteiger charge is -2.39. The number of carbonyl (C=O) groups is 1. The zero-order valence-corrected chi connectivity index (χ0v) is 17.3. The van der Waals surface area contributed by atoms with E-state index in [1.807, 2.05) is 54.3 Å². The second-order valence-corrected chi connectivity index (χ2v) is 7.57. The Labute approximate surface area is 177 Å². The Morgan fingerprint density at radius 2 is 1.63 bits per heavy atom. The summed E-state index contributed by atoms with van der Waals surface area (Å²) in [6.07, 6.45) is 3.39. The maximum atomic E-state index is 12.9. The Morgan fingerprint density at radius 1 is 0.967 bits per heavy atom. The molecule has 4 rings (SSSR count). The quantitative estimate of drug-likeness (QED) is 0.627. The third-order valence-corrected chi connectivity index (χ3v) is 5.65. The van der Waals surface area contributed by atoms with Gasteiger partial charge < -0.3 is 9.64 Å². The molecule has 0 N–H and O–H groups in total. The van der Waals surface area contributed by atoms with Gasteiger partial charge in [0.1, 0.15) is 12.4 Å². The molecule has 0 bridgehead atoms. The van der Waals surface area contributed by atoms with Crippen LogP contribution in [0, 0.1) is 6.92 Å². The van der Waals surface area contributed by atoms with E-state index >= 15 is 0 Å². The van der Waals surface area contributed by atoms with Gasteiger partial charge in [-0.1, -0.05) is 48.5 Å². The second kappa shape index (κ2) is 9.55. The molecule has 30 heavy (non-hydrogen) atoms. The number of hydrogen-bond donors (Lipinski definition) is 0. The summed E-state index contributed by atoms with van der Waals surface area (Å²) in [6.45, 7) is 5.54. The number of amides is 1. The van der Waals surface area contributed by atoms with E-state index in [-0.39, 0.29) is 11.9 Å². The molecule has 1 aromatic heterocycles. The first-order chi connectivity index (χ1) is 14.7. The monoisotopic (exact) mass is 401 g/mol. The van der Waals surface area contributed by atoms with E-state index in [0.29, 0.717) is 25.3 Å². The number of ether oxygens (including phenoxy) is 1. The highest BCUT2D eigenvalue weighted by atomic mass is 16.5. The molecular formula is C25H27N3O2. The molecule has 0 radical (unpaired) electrons. The van der Waals surface area contributed by atoms with E-state index in [2.05, 4.69) is 34.1 Å². The Morgan fingerprint density at radius 3 is 2.30 bits per heavy atom. The topological polar surface area (TPSA) is 45.7 Å². The molecule has 3 aromatic rings. The SMILES string of the molecule is Cc1ccncc1C(=O)N1CCN(C(COc2ccccc2)c2ccccc2)CC1. The van der Waals surface area contributed by atoms with Gasteiger partial charge in [-0.05, 0) is 36.2 Å². The zero-order chi connectivity index (χ0) is 20.8. The summed E-state index contributed by atoms with van der Waals surface area (Å²) in [5.41, 5.74) is 2.89. The normalized spacial score (nSPS) is 15.6. The van der Waals surface area contributed by atoms with E-state index in [1.165, 1.54) is 5.56 Å². The highest BCUT2D eigenvalue weighted by Crippen LogP contribution is 2.24. The van der Waals surface area contributed by atoms with Crippen molar-refractivity contribution in [3.63, 3.8) is 0 Å². The van der Waals surface area contributed by atoms with E-state index in [4.69, 9.17) is 4.74 Å². The van der Waals surface area contributed by atoms with Crippen LogP contribution in [0.4, 0.5) is 0 Å². The number of para-hydroxylation sites is 1. The van der Waals surface area contributed by atoms with Crippen LogP contribution in [0.15, 0.2) is 79.1 Å². The van der Waals surface area contributed by atoms with Crippen molar-refractivity contribution in [1.29, 1.82) is 0 Å². The molecule has 1 atom stereocenters. The van der Waals surface area contributed by atoms with Crippen molar-refractivity contribution in [3.8, 4) is 5.75 Å². The lowest BCUT2D eigenvalue weighted by Crippen LogP contribution is -2.50. The van der Waals surface area contributed by atoms with Crippen molar-refractivity contribution in [2.75, 3.05) is 32.8 Å². The molecule has 1 aliphatic heterocycles. The molecule has 5 nitrogen and oxygen atoms in total. The summed E-state index contributed by atoms with van der Waals surface area (Å²) < 4.78 is 6.10. The molecule has 5 heteroatoms. The summed E-state index contributed by atoms with van der Waals surface area (Å²) in [4.78, 5) is 21.4. The number of pyridine rings is 1. The van der Waals surface area contributed by atoms with Gasteiger partial charge in [-0.2, -0.15) is 0 Å². The first kappa shape index (κ1) is 20.1. The van der Waals surface area contributed by atoms with Crippen molar-refractivity contribution in [2.45, 2.75) is 13.0 Å². The van der Waals surface area contributed by atoms with Crippen molar-refractivity contribution >= 4 is 5.91 Å². The minimum absolute atomic E-state index is 0.0667. The summed E-state index contributed by atoms with van der Waals surface area (Å²) >= 11 is 0. The van der Waals surface area contributed by atoms with E-state index < -0.39 is 0 Å². The number of nitrogens with zero attached hydrogens (tertiary/aromatic N) is 3. The minimum Gasteiger partial charge on any atom is -0.492 e. The van der Waals surface area contributed by atoms with Gasteiger partial charge in [-0.25, -0.2) is 0 Å². The number of piperazine rings is 1. The minimum atomic E-state index is 0.0667. The van der Waals surface area contributed by atoms with Gasteiger partial charge in [0.2, 0.25) is 0 Å². The van der Waals surface area contributed by atoms with Gasteiger partial charge in [0.25, 0.3) is 5.91 Å². The Bertz CT molecular complexity index is 954. The third-order valence-electron chi connectivity index (χ3n) is 5.65. The Kier molecular flexibility index (Phi) is 6.40. The van der Waals surface area contributed by atoms with Gasteiger partial charge in [-0.3, -0.25) is 14.7 Å². The van der Waals surface area contributed by atoms with Crippen LogP contribution < -0.4 is 4.74 Å². The average molecular weight is 402 g/mol. The molecule has 0 aliphatic carbocycles. The smallest absolute Gasteiger partial charge is 0.255 e. The van der Waals surface area contributed by atoms with Crippen molar-refractivity contribution < 1.29 is 9.53 Å². The second-order valence-electron chi connectivity index (χ2n) is 7.57. The van der Waals surface area contributed by atoms with Crippen LogP contribution in [0.25, 0.3) is 0 Å². The standard InChI is InChI=1S/C25H27N3O2/c1-20-12-13-26-18-23(20)25(29)28-16-14-27(15-17-28)24(21-8-4-2-5-9-21)19-30-22-10-6-3-7-11-22/h2-13,18,24H,14-17,19H2,1H3. The number of hydrogen-bond acceptors (Lipinski definition) is 4. The van der Waals surface area contributed by atoms with Crippen molar-refractivity contribution in [1.82, 2.24) is 14.8 Å². The number of rotatable bonds is 6. The summed E-state index contributed by atoms with van der Waals surface area (Å²) in [5.74, 6) is 0.941. The lowest BCUT2D eigenvalue weighted by atomic mass is 10.0. The molecule has 0 spiro atoms. The maximum Gasteiger partial charge on any atom is 0.255 e. The lowest BCUT2D eigenvalue weighted by molar-refractivity contribution is 0.0498. The largest absolute Gasteiger partial charge is 0.492 e. The van der Waals surface area contributed by atoms with E-state index in [1.54, 1.807) is 12.4 Å². The van der Waals surface area contributed by atoms with Crippen LogP contribution in [0.1, 0.15) is 27.5 Å². The number of aryl methyl sites for hydroxylation is 1. The molecule has 1 amide bonds. The van der Waals surface area contributed by atoms with Gasteiger partial charge >= 0.3 is 0 Å². The van der Waals surface area contributed by atoms with Crippen LogP contribution in [-0.2, 0) is 0 Å². The van der Waals surface area contributed by atoms with Crippen molar-refractivity contribution in [3.05, 3.63) is 95.8 Å². The van der Waals surface area contributed by atoms with Crippen LogP contribution >= 0.6 is 0 Å². The van der Waals surface area contributed by atoms with Crippen LogP contribution in [-0.4, -0.2) is 53.5 Å². The predicted octanol–water partition coefficient (Wildman–Crippen LogP) is 3.97. The summed E-state index contributed by atoms with van der Waals surface area (Å²) in [5, 5.41) is 0. The number of carbonyl (C=O) groups excluding carboxylic acids is 1. The molecule has 1 fully saturated rings. The van der Waals surface area contributed by atoms with E-state index in [0.717, 1.165) is 24.4 Å². The molecule has 1 aliphatic rings. The first-order valence-electron chi connectivity index (χ1n) is 10.4. The fourth-order valence-corrected chi connectivity index (χ4v) is 3.87. The molecule has 154 valence electrons. The van der Waals surface area contributed by atoms with E-state index in [9.17, 15) is 4.79 Å². The van der Waals surface area contributed by atoms with Gasteiger partial charge in [0.15, 0.2) is 0 Å². The molecule has 0 saturated carbocycles. The Hall–Kier alpha value is -3.18. The summed E-state index contributed by atoms with van der Waals surface area (Å²) in [7, 11) is 0. The fourth-order valence-electron chi connectivity index (χ4n) is 3.87. The molecule has 1 unspecified atom stereocenters. The highest BCUT2D eigenvalue weighted by Gasteiger charge is 2.28. The molecule has 2 heterocycles. The van der Waals surface area contributed by atoms with Crippen LogP contribution in [0.2, 0.25) is 0 Å². The molecular weight excluding hydrogens is 374 g/mol. The molecule has 1 saturated heterocycles. The van der Waals surface area contributed by atoms with Gasteiger partial charge in [0, 0.05) is 38.6 Å². The Balaban J connectivity index is 1.44. The summed E-state index contributed by atoms with van der Waals surface area (Å²) in [6, 6.07) is 22.4. The maximum absolute atomic E-state index is 12.9. The van der Waals surface area contributed by atoms with Crippen molar-refractivity contribution in [2.24, 2.45) is 0 Å². The van der Waals surface area contributed by atoms with Gasteiger partial charge in [-0.15, -0.1) is 0 Å². The first-order valence-corrected chi connectivity index (χ1v) is 10.4. The van der Waals surface area contributed by atoms with Gasteiger partial charge in [0.05, 0.1) is 11.6 Å². The third kappa shape index (κ3) is 4.69. The van der Waals surface area contributed by atoms with Crippen LogP contribution in [0.5, 0.6) is 5.75 Å².